The Balaban J connectivity index is 1.74. The number of carbonyl (C=O) groups excluding carboxylic acids is 2. The van der Waals surface area contributed by atoms with E-state index in [1.165, 1.54) is 15.8 Å². The minimum atomic E-state index is -0.989. The van der Waals surface area contributed by atoms with Gasteiger partial charge in [-0.2, -0.15) is 0 Å². The molecule has 0 bridgehead atoms. The number of carbonyl (C=O) groups is 2. The third-order valence-corrected chi connectivity index (χ3v) is 5.61. The van der Waals surface area contributed by atoms with E-state index in [1.807, 2.05) is 43.3 Å². The highest BCUT2D eigenvalue weighted by atomic mass is 16.5. The topological polar surface area (TPSA) is 112 Å². The van der Waals surface area contributed by atoms with Crippen LogP contribution in [-0.4, -0.2) is 58.6 Å². The molecule has 0 aliphatic heterocycles. The molecule has 4 rings (SSSR count). The molecule has 10 heteroatoms. The molecule has 0 fully saturated rings. The average molecular weight is 492 g/mol. The van der Waals surface area contributed by atoms with Gasteiger partial charge in [0.2, 0.25) is 11.8 Å². The summed E-state index contributed by atoms with van der Waals surface area (Å²) >= 11 is 0. The summed E-state index contributed by atoms with van der Waals surface area (Å²) in [6.45, 7) is 2.86. The molecule has 2 aromatic heterocycles. The van der Waals surface area contributed by atoms with Crippen LogP contribution in [0.4, 0.5) is 0 Å². The van der Waals surface area contributed by atoms with Crippen LogP contribution in [0.1, 0.15) is 24.3 Å². The molecule has 4 aromatic rings. The summed E-state index contributed by atoms with van der Waals surface area (Å²) in [5.41, 5.74) is 1.97. The highest BCUT2D eigenvalue weighted by molar-refractivity contribution is 5.89. The van der Waals surface area contributed by atoms with Gasteiger partial charge in [-0.3, -0.25) is 9.59 Å². The van der Waals surface area contributed by atoms with Crippen molar-refractivity contribution in [2.24, 2.45) is 0 Å². The van der Waals surface area contributed by atoms with Crippen molar-refractivity contribution in [2.75, 3.05) is 26.9 Å². The highest BCUT2D eigenvalue weighted by Gasteiger charge is 2.34. The first-order chi connectivity index (χ1) is 17.6. The predicted molar refractivity (Wildman–Crippen MR) is 132 cm³/mol. The van der Waals surface area contributed by atoms with Gasteiger partial charge in [0, 0.05) is 19.2 Å². The number of nitrogens with one attached hydrogen (secondary N) is 1. The number of para-hydroxylation sites is 2. The van der Waals surface area contributed by atoms with Gasteiger partial charge in [0.25, 0.3) is 0 Å². The lowest BCUT2D eigenvalue weighted by atomic mass is 10.0. The normalized spacial score (nSPS) is 11.8. The molecule has 1 N–H and O–H groups in total. The van der Waals surface area contributed by atoms with Crippen molar-refractivity contribution < 1.29 is 23.5 Å². The van der Waals surface area contributed by atoms with E-state index in [0.29, 0.717) is 42.3 Å². The van der Waals surface area contributed by atoms with Crippen molar-refractivity contribution in [1.82, 2.24) is 25.2 Å². The molecule has 2 amide bonds. The zero-order chi connectivity index (χ0) is 25.3. The molecule has 2 heterocycles. The Morgan fingerprint density at radius 3 is 2.69 bits per heavy atom. The van der Waals surface area contributed by atoms with E-state index in [2.05, 4.69) is 15.6 Å². The van der Waals surface area contributed by atoms with Gasteiger partial charge in [0.1, 0.15) is 29.6 Å². The third kappa shape index (κ3) is 5.72. The van der Waals surface area contributed by atoms with Crippen LogP contribution < -0.4 is 10.1 Å². The Morgan fingerprint density at radius 1 is 1.11 bits per heavy atom. The smallest absolute Gasteiger partial charge is 0.247 e. The number of rotatable bonds is 12. The quantitative estimate of drug-likeness (QED) is 0.303. The van der Waals surface area contributed by atoms with Crippen molar-refractivity contribution in [3.8, 4) is 5.75 Å². The maximum atomic E-state index is 13.8. The Labute approximate surface area is 208 Å². The number of methoxy groups -OCH3 is 1. The lowest BCUT2D eigenvalue weighted by Gasteiger charge is -2.31. The van der Waals surface area contributed by atoms with Gasteiger partial charge in [-0.15, -0.1) is 5.10 Å². The number of benzene rings is 2. The number of amides is 2. The number of nitrogens with zero attached hydrogens (tertiary/aromatic N) is 4. The van der Waals surface area contributed by atoms with Crippen LogP contribution in [0, 0.1) is 0 Å². The first-order valence-corrected chi connectivity index (χ1v) is 11.7. The summed E-state index contributed by atoms with van der Waals surface area (Å²) in [6.07, 6.45) is 1.53. The van der Waals surface area contributed by atoms with E-state index < -0.39 is 6.04 Å². The Kier molecular flexibility index (Phi) is 8.30. The Hall–Kier alpha value is -4.18. The first-order valence-electron chi connectivity index (χ1n) is 11.7. The highest BCUT2D eigenvalue weighted by Crippen LogP contribution is 2.32. The average Bonchev–Trinajstić information content (AvgIpc) is 3.55. The molecule has 188 valence electrons. The molecule has 0 aliphatic rings. The van der Waals surface area contributed by atoms with Gasteiger partial charge in [-0.05, 0) is 37.3 Å². The predicted octanol–water partition coefficient (Wildman–Crippen LogP) is 2.96. The maximum Gasteiger partial charge on any atom is 0.247 e. The van der Waals surface area contributed by atoms with Crippen molar-refractivity contribution >= 4 is 22.8 Å². The molecular formula is C26H29N5O5. The number of hydrogen-bond acceptors (Lipinski definition) is 7. The van der Waals surface area contributed by atoms with Crippen LogP contribution in [0.3, 0.4) is 0 Å². The largest absolute Gasteiger partial charge is 0.494 e. The molecule has 0 radical (unpaired) electrons. The molecule has 10 nitrogen and oxygen atoms in total. The van der Waals surface area contributed by atoms with E-state index in [-0.39, 0.29) is 24.9 Å². The maximum absolute atomic E-state index is 13.8. The van der Waals surface area contributed by atoms with Crippen molar-refractivity contribution in [3.05, 3.63) is 78.3 Å². The molecule has 2 aromatic carbocycles. The summed E-state index contributed by atoms with van der Waals surface area (Å²) < 4.78 is 18.0. The van der Waals surface area contributed by atoms with E-state index in [9.17, 15) is 9.59 Å². The monoisotopic (exact) mass is 491 g/mol. The van der Waals surface area contributed by atoms with E-state index in [1.54, 1.807) is 31.4 Å². The van der Waals surface area contributed by atoms with Crippen LogP contribution in [0.5, 0.6) is 5.75 Å². The molecule has 1 atom stereocenters. The molecular weight excluding hydrogens is 462 g/mol. The first kappa shape index (κ1) is 24.9. The Bertz CT molecular complexity index is 1290. The van der Waals surface area contributed by atoms with E-state index in [0.717, 1.165) is 5.52 Å². The number of hydrogen-bond donors (Lipinski definition) is 1. The summed E-state index contributed by atoms with van der Waals surface area (Å²) in [4.78, 5) is 28.9. The number of ether oxygens (including phenoxy) is 2. The van der Waals surface area contributed by atoms with Gasteiger partial charge in [0.05, 0.1) is 31.5 Å². The fourth-order valence-corrected chi connectivity index (χ4v) is 3.96. The van der Waals surface area contributed by atoms with Crippen LogP contribution in [0.25, 0.3) is 11.0 Å². The lowest BCUT2D eigenvalue weighted by Crippen LogP contribution is -2.45. The fraction of sp³-hybridized carbons (Fsp3) is 0.308. The lowest BCUT2D eigenvalue weighted by molar-refractivity contribution is -0.142. The second-order valence-corrected chi connectivity index (χ2v) is 7.99. The van der Waals surface area contributed by atoms with Gasteiger partial charge < -0.3 is 24.1 Å². The molecule has 0 spiro atoms. The van der Waals surface area contributed by atoms with E-state index in [4.69, 9.17) is 13.9 Å². The third-order valence-electron chi connectivity index (χ3n) is 5.61. The number of furan rings is 1. The second kappa shape index (κ2) is 12.0. The van der Waals surface area contributed by atoms with Gasteiger partial charge in [-0.1, -0.05) is 35.5 Å². The zero-order valence-electron chi connectivity index (χ0n) is 20.3. The van der Waals surface area contributed by atoms with Crippen molar-refractivity contribution in [1.29, 1.82) is 0 Å². The second-order valence-electron chi connectivity index (χ2n) is 7.99. The van der Waals surface area contributed by atoms with Crippen LogP contribution in [0.15, 0.2) is 71.3 Å². The van der Waals surface area contributed by atoms with Crippen LogP contribution >= 0.6 is 0 Å². The van der Waals surface area contributed by atoms with Crippen molar-refractivity contribution in [2.45, 2.75) is 26.1 Å². The number of fused-ring (bicyclic) bond motifs is 1. The zero-order valence-corrected chi connectivity index (χ0v) is 20.3. The molecule has 0 saturated heterocycles. The van der Waals surface area contributed by atoms with E-state index >= 15 is 0 Å². The summed E-state index contributed by atoms with van der Waals surface area (Å²) in [6, 6.07) is 17.1. The van der Waals surface area contributed by atoms with Crippen LogP contribution in [0.2, 0.25) is 0 Å². The van der Waals surface area contributed by atoms with Gasteiger partial charge in [-0.25, -0.2) is 4.68 Å². The summed E-state index contributed by atoms with van der Waals surface area (Å²) in [7, 11) is 1.56. The minimum absolute atomic E-state index is 0.0707. The summed E-state index contributed by atoms with van der Waals surface area (Å²) in [5, 5.41) is 11.2. The molecule has 0 saturated carbocycles. The Morgan fingerprint density at radius 2 is 1.92 bits per heavy atom. The van der Waals surface area contributed by atoms with Gasteiger partial charge >= 0.3 is 0 Å². The molecule has 36 heavy (non-hydrogen) atoms. The molecule has 0 unspecified atom stereocenters. The standard InChI is InChI=1S/C26H29N5O5/c1-3-35-23-13-7-4-10-20(23)25(26(33)27-14-16-34-2)30(17-19-9-8-15-36-19)24(32)18-31-22-12-6-5-11-21(22)28-29-31/h4-13,15,25H,3,14,16-18H2,1-2H3,(H,27,33)/t25-/m0/s1. The number of aromatic nitrogens is 3. The fourth-order valence-electron chi connectivity index (χ4n) is 3.96. The SMILES string of the molecule is CCOc1ccccc1[C@@H](C(=O)NCCOC)N(Cc1ccco1)C(=O)Cn1nnc2ccccc21. The summed E-state index contributed by atoms with van der Waals surface area (Å²) in [5.74, 6) is 0.369. The van der Waals surface area contributed by atoms with Gasteiger partial charge in [0.15, 0.2) is 0 Å². The molecule has 0 aliphatic carbocycles. The minimum Gasteiger partial charge on any atom is -0.494 e. The van der Waals surface area contributed by atoms with Crippen LogP contribution in [-0.2, 0) is 27.4 Å². The van der Waals surface area contributed by atoms with Crippen molar-refractivity contribution in [3.63, 3.8) is 0 Å².